The topological polar surface area (TPSA) is 92.5 Å². The van der Waals surface area contributed by atoms with E-state index in [1.165, 1.54) is 0 Å². The minimum atomic E-state index is -0.395. The maximum absolute atomic E-state index is 13.4. The van der Waals surface area contributed by atoms with Crippen LogP contribution in [0.1, 0.15) is 21.7 Å². The van der Waals surface area contributed by atoms with Gasteiger partial charge in [0.2, 0.25) is 5.82 Å². The Labute approximate surface area is 247 Å². The fraction of sp³-hybridized carbons (Fsp3) is 0.129. The Hall–Kier alpha value is -4.53. The van der Waals surface area contributed by atoms with Gasteiger partial charge in [0, 0.05) is 31.9 Å². The summed E-state index contributed by atoms with van der Waals surface area (Å²) >= 11 is 12.4. The fourth-order valence-corrected chi connectivity index (χ4v) is 4.69. The molecule has 208 valence electrons. The van der Waals surface area contributed by atoms with Crippen molar-refractivity contribution >= 4 is 34.8 Å². The number of ether oxygens (including phenoxy) is 1. The van der Waals surface area contributed by atoms with Crippen LogP contribution in [-0.4, -0.2) is 39.9 Å². The van der Waals surface area contributed by atoms with Gasteiger partial charge in [0.05, 0.1) is 16.6 Å². The van der Waals surface area contributed by atoms with Gasteiger partial charge in [-0.15, -0.1) is 10.2 Å². The van der Waals surface area contributed by atoms with Crippen molar-refractivity contribution in [2.75, 3.05) is 19.0 Å². The Morgan fingerprint density at radius 1 is 0.878 bits per heavy atom. The van der Waals surface area contributed by atoms with Crippen molar-refractivity contribution in [3.63, 3.8) is 0 Å². The first-order valence-electron chi connectivity index (χ1n) is 12.8. The number of carbonyl (C=O) groups excluding carboxylic acids is 1. The van der Waals surface area contributed by atoms with Gasteiger partial charge in [0.25, 0.3) is 5.91 Å². The van der Waals surface area contributed by atoms with E-state index >= 15 is 0 Å². The van der Waals surface area contributed by atoms with Gasteiger partial charge in [-0.05, 0) is 59.7 Å². The van der Waals surface area contributed by atoms with Gasteiger partial charge in [-0.2, -0.15) is 0 Å². The van der Waals surface area contributed by atoms with Crippen molar-refractivity contribution < 1.29 is 14.6 Å². The number of aromatic nitrogens is 3. The Morgan fingerprint density at radius 2 is 1.56 bits per heavy atom. The number of benzene rings is 4. The molecule has 0 radical (unpaired) electrons. The number of rotatable bonds is 9. The number of nitrogens with one attached hydrogen (secondary N) is 1. The van der Waals surface area contributed by atoms with Gasteiger partial charge in [-0.3, -0.25) is 9.36 Å². The molecule has 0 unspecified atom stereocenters. The van der Waals surface area contributed by atoms with Crippen molar-refractivity contribution in [2.24, 2.45) is 0 Å². The molecule has 1 heterocycles. The van der Waals surface area contributed by atoms with E-state index in [4.69, 9.17) is 27.9 Å². The highest BCUT2D eigenvalue weighted by Crippen LogP contribution is 2.36. The monoisotopic (exact) mass is 587 g/mol. The molecule has 0 spiro atoms. The predicted molar refractivity (Wildman–Crippen MR) is 161 cm³/mol. The average molecular weight is 588 g/mol. The molecule has 8 nitrogen and oxygen atoms in total. The number of nitrogens with zero attached hydrogens (tertiary/aromatic N) is 4. The van der Waals surface area contributed by atoms with Crippen LogP contribution in [0, 0.1) is 0 Å². The Kier molecular flexibility index (Phi) is 8.42. The Bertz CT molecular complexity index is 1650. The number of halogens is 2. The summed E-state index contributed by atoms with van der Waals surface area (Å²) in [4.78, 5) is 15.4. The van der Waals surface area contributed by atoms with Gasteiger partial charge in [0.15, 0.2) is 11.6 Å². The van der Waals surface area contributed by atoms with Crippen LogP contribution in [0.15, 0.2) is 91.0 Å². The van der Waals surface area contributed by atoms with Gasteiger partial charge in [-0.25, -0.2) is 0 Å². The first-order valence-corrected chi connectivity index (χ1v) is 13.5. The van der Waals surface area contributed by atoms with Crippen LogP contribution in [0.4, 0.5) is 5.69 Å². The first-order chi connectivity index (χ1) is 19.8. The summed E-state index contributed by atoms with van der Waals surface area (Å²) in [5, 5.41) is 21.6. The maximum atomic E-state index is 13.4. The number of phenolic OH excluding ortho intramolecular Hbond substituents is 1. The second kappa shape index (κ2) is 12.3. The number of para-hydroxylation sites is 1. The van der Waals surface area contributed by atoms with Crippen molar-refractivity contribution in [1.82, 2.24) is 20.1 Å². The van der Waals surface area contributed by atoms with E-state index in [0.717, 1.165) is 22.6 Å². The van der Waals surface area contributed by atoms with Crippen LogP contribution >= 0.6 is 23.2 Å². The molecular formula is C31H27Cl2N5O3. The zero-order valence-electron chi connectivity index (χ0n) is 22.4. The number of hydrogen-bond donors (Lipinski definition) is 2. The van der Waals surface area contributed by atoms with E-state index in [-0.39, 0.29) is 28.2 Å². The summed E-state index contributed by atoms with van der Waals surface area (Å²) in [6, 6.07) is 28.0. The number of amides is 1. The molecule has 0 saturated carbocycles. The molecule has 0 bridgehead atoms. The zero-order valence-corrected chi connectivity index (χ0v) is 23.9. The molecule has 4 aromatic carbocycles. The van der Waals surface area contributed by atoms with Crippen molar-refractivity contribution in [3.8, 4) is 28.6 Å². The fourth-order valence-electron chi connectivity index (χ4n) is 4.21. The van der Waals surface area contributed by atoms with Crippen LogP contribution in [0.25, 0.3) is 11.4 Å². The van der Waals surface area contributed by atoms with Gasteiger partial charge < -0.3 is 20.1 Å². The number of aromatic hydroxyl groups is 1. The number of anilines is 1. The smallest absolute Gasteiger partial charge is 0.289 e. The minimum absolute atomic E-state index is 0.0716. The van der Waals surface area contributed by atoms with E-state index in [0.29, 0.717) is 23.7 Å². The lowest BCUT2D eigenvalue weighted by atomic mass is 10.1. The number of hydrogen-bond acceptors (Lipinski definition) is 6. The minimum Gasteiger partial charge on any atom is -0.505 e. The second-order valence-electron chi connectivity index (χ2n) is 9.53. The highest BCUT2D eigenvalue weighted by atomic mass is 35.5. The van der Waals surface area contributed by atoms with Crippen LogP contribution < -0.4 is 15.0 Å². The van der Waals surface area contributed by atoms with Crippen LogP contribution in [0.5, 0.6) is 17.2 Å². The normalized spacial score (nSPS) is 10.8. The molecule has 1 aromatic heterocycles. The quantitative estimate of drug-likeness (QED) is 0.197. The van der Waals surface area contributed by atoms with E-state index in [2.05, 4.69) is 15.5 Å². The highest BCUT2D eigenvalue weighted by Gasteiger charge is 2.22. The summed E-state index contributed by atoms with van der Waals surface area (Å²) < 4.78 is 7.55. The third kappa shape index (κ3) is 6.62. The molecule has 5 aromatic rings. The van der Waals surface area contributed by atoms with E-state index in [9.17, 15) is 9.90 Å². The molecule has 5 rings (SSSR count). The van der Waals surface area contributed by atoms with E-state index in [1.807, 2.05) is 97.9 Å². The largest absolute Gasteiger partial charge is 0.505 e. The van der Waals surface area contributed by atoms with Gasteiger partial charge >= 0.3 is 0 Å². The Balaban J connectivity index is 1.39. The second-order valence-corrected chi connectivity index (χ2v) is 10.3. The average Bonchev–Trinajstić information content (AvgIpc) is 3.39. The van der Waals surface area contributed by atoms with E-state index in [1.54, 1.807) is 16.7 Å². The molecule has 0 saturated heterocycles. The Morgan fingerprint density at radius 3 is 2.24 bits per heavy atom. The van der Waals surface area contributed by atoms with E-state index < -0.39 is 5.91 Å². The molecule has 0 atom stereocenters. The lowest BCUT2D eigenvalue weighted by molar-refractivity contribution is 0.0936. The summed E-state index contributed by atoms with van der Waals surface area (Å²) in [7, 11) is 3.92. The first kappa shape index (κ1) is 28.0. The molecule has 0 aliphatic carbocycles. The van der Waals surface area contributed by atoms with Crippen molar-refractivity contribution in [3.05, 3.63) is 118 Å². The molecule has 1 amide bonds. The van der Waals surface area contributed by atoms with Gasteiger partial charge in [-0.1, -0.05) is 65.7 Å². The summed E-state index contributed by atoms with van der Waals surface area (Å²) in [5.41, 5.74) is 3.36. The third-order valence-electron chi connectivity index (χ3n) is 6.35. The van der Waals surface area contributed by atoms with Crippen LogP contribution in [0.2, 0.25) is 10.0 Å². The third-order valence-corrected chi connectivity index (χ3v) is 6.93. The van der Waals surface area contributed by atoms with Crippen molar-refractivity contribution in [2.45, 2.75) is 13.1 Å². The summed E-state index contributed by atoms with van der Waals surface area (Å²) in [6.07, 6.45) is 0. The highest BCUT2D eigenvalue weighted by molar-refractivity contribution is 6.37. The standard InChI is InChI=1S/C31H27Cl2N5O3/c1-37(2)23-8-6-7-21(15-23)19-38-29(22-16-26(32)28(39)27(33)17-22)35-36-30(38)31(40)34-18-20-11-13-25(14-12-20)41-24-9-4-3-5-10-24/h3-17,39H,18-19H2,1-2H3,(H,34,40). The van der Waals surface area contributed by atoms with Crippen LogP contribution in [0.3, 0.4) is 0 Å². The zero-order chi connectivity index (χ0) is 28.9. The predicted octanol–water partition coefficient (Wildman–Crippen LogP) is 6.79. The van der Waals surface area contributed by atoms with Crippen LogP contribution in [-0.2, 0) is 13.1 Å². The molecule has 41 heavy (non-hydrogen) atoms. The summed E-state index contributed by atoms with van der Waals surface area (Å²) in [5.74, 6) is 1.34. The summed E-state index contributed by atoms with van der Waals surface area (Å²) in [6.45, 7) is 0.591. The SMILES string of the molecule is CN(C)c1cccc(Cn2c(C(=O)NCc3ccc(Oc4ccccc4)cc3)nnc2-c2cc(Cl)c(O)c(Cl)c2)c1. The molecule has 0 aliphatic heterocycles. The molecule has 0 aliphatic rings. The molecule has 2 N–H and O–H groups in total. The maximum Gasteiger partial charge on any atom is 0.289 e. The number of carbonyl (C=O) groups is 1. The lowest BCUT2D eigenvalue weighted by Gasteiger charge is -2.15. The molecule has 0 fully saturated rings. The molecule has 10 heteroatoms. The van der Waals surface area contributed by atoms with Gasteiger partial charge in [0.1, 0.15) is 11.5 Å². The number of phenols is 1. The lowest BCUT2D eigenvalue weighted by Crippen LogP contribution is -2.26. The molecular weight excluding hydrogens is 561 g/mol. The van der Waals surface area contributed by atoms with Crippen molar-refractivity contribution in [1.29, 1.82) is 0 Å².